The molecule has 158 valence electrons. The van der Waals surface area contributed by atoms with Crippen LogP contribution in [0.5, 0.6) is 0 Å². The van der Waals surface area contributed by atoms with Gasteiger partial charge in [0.25, 0.3) is 0 Å². The highest BCUT2D eigenvalue weighted by atomic mass is 32.2. The van der Waals surface area contributed by atoms with Crippen molar-refractivity contribution in [1.82, 2.24) is 23.8 Å². The molecule has 3 aromatic rings. The van der Waals surface area contributed by atoms with E-state index in [4.69, 9.17) is 0 Å². The zero-order valence-electron chi connectivity index (χ0n) is 16.0. The van der Waals surface area contributed by atoms with Crippen molar-refractivity contribution in [3.05, 3.63) is 66.6 Å². The van der Waals surface area contributed by atoms with Crippen LogP contribution in [0.3, 0.4) is 0 Å². The second-order valence-corrected chi connectivity index (χ2v) is 10.6. The molecule has 0 bridgehead atoms. The topological polar surface area (TPSA) is 114 Å². The van der Waals surface area contributed by atoms with Gasteiger partial charge in [0.05, 0.1) is 9.79 Å². The van der Waals surface area contributed by atoms with E-state index in [1.165, 1.54) is 28.6 Å². The van der Waals surface area contributed by atoms with Crippen molar-refractivity contribution < 1.29 is 16.8 Å². The predicted molar refractivity (Wildman–Crippen MR) is 110 cm³/mol. The number of hydrogen-bond donors (Lipinski definition) is 1. The molecule has 1 aliphatic heterocycles. The summed E-state index contributed by atoms with van der Waals surface area (Å²) in [6.07, 6.45) is 6.64. The third kappa shape index (κ3) is 4.29. The summed E-state index contributed by atoms with van der Waals surface area (Å²) < 4.78 is 56.0. The number of nitrogens with zero attached hydrogens (tertiary/aromatic N) is 4. The SMILES string of the molecule is O=S(=O)(NCc1ccnc(-n2cccn2)c1)c1ccc(S(=O)(=O)N2CCCC2)cc1. The summed E-state index contributed by atoms with van der Waals surface area (Å²) in [5.41, 5.74) is 0.715. The Hall–Kier alpha value is -2.60. The Morgan fingerprint density at radius 2 is 1.63 bits per heavy atom. The van der Waals surface area contributed by atoms with Crippen LogP contribution in [0.25, 0.3) is 5.82 Å². The van der Waals surface area contributed by atoms with Crippen LogP contribution in [0.1, 0.15) is 18.4 Å². The molecule has 2 aromatic heterocycles. The summed E-state index contributed by atoms with van der Waals surface area (Å²) in [5.74, 6) is 0.577. The fourth-order valence-corrected chi connectivity index (χ4v) is 5.76. The number of benzene rings is 1. The molecule has 1 aromatic carbocycles. The summed E-state index contributed by atoms with van der Waals surface area (Å²) in [6, 6.07) is 10.5. The number of pyridine rings is 1. The molecule has 9 nitrogen and oxygen atoms in total. The maximum absolute atomic E-state index is 12.6. The lowest BCUT2D eigenvalue weighted by Gasteiger charge is -2.15. The normalized spacial score (nSPS) is 15.5. The largest absolute Gasteiger partial charge is 0.243 e. The molecule has 0 amide bonds. The van der Waals surface area contributed by atoms with Gasteiger partial charge in [0, 0.05) is 38.2 Å². The van der Waals surface area contributed by atoms with Crippen LogP contribution in [0.15, 0.2) is 70.8 Å². The first-order valence-corrected chi connectivity index (χ1v) is 12.3. The van der Waals surface area contributed by atoms with Gasteiger partial charge in [-0.15, -0.1) is 0 Å². The molecular weight excluding hydrogens is 426 g/mol. The molecule has 0 atom stereocenters. The van der Waals surface area contributed by atoms with Gasteiger partial charge >= 0.3 is 0 Å². The maximum Gasteiger partial charge on any atom is 0.243 e. The fraction of sp³-hybridized carbons (Fsp3) is 0.263. The van der Waals surface area contributed by atoms with Gasteiger partial charge in [-0.2, -0.15) is 9.40 Å². The maximum atomic E-state index is 12.6. The minimum Gasteiger partial charge on any atom is -0.237 e. The summed E-state index contributed by atoms with van der Waals surface area (Å²) in [7, 11) is -7.39. The zero-order chi connectivity index (χ0) is 21.2. The molecule has 0 aliphatic carbocycles. The van der Waals surface area contributed by atoms with Gasteiger partial charge in [-0.1, -0.05) is 0 Å². The van der Waals surface area contributed by atoms with Crippen molar-refractivity contribution in [1.29, 1.82) is 0 Å². The average molecular weight is 448 g/mol. The molecule has 30 heavy (non-hydrogen) atoms. The molecule has 0 unspecified atom stereocenters. The molecule has 0 saturated carbocycles. The fourth-order valence-electron chi connectivity index (χ4n) is 3.23. The van der Waals surface area contributed by atoms with E-state index in [9.17, 15) is 16.8 Å². The van der Waals surface area contributed by atoms with Crippen molar-refractivity contribution in [2.75, 3.05) is 13.1 Å². The van der Waals surface area contributed by atoms with Gasteiger partial charge in [0.15, 0.2) is 5.82 Å². The molecule has 3 heterocycles. The third-order valence-corrected chi connectivity index (χ3v) is 8.18. The highest BCUT2D eigenvalue weighted by Gasteiger charge is 2.27. The van der Waals surface area contributed by atoms with E-state index in [2.05, 4.69) is 14.8 Å². The van der Waals surface area contributed by atoms with Crippen LogP contribution in [0.4, 0.5) is 0 Å². The molecule has 4 rings (SSSR count). The minimum absolute atomic E-state index is 0.00391. The number of rotatable bonds is 7. The first kappa shape index (κ1) is 20.7. The molecule has 0 spiro atoms. The summed E-state index contributed by atoms with van der Waals surface area (Å²) in [5, 5.41) is 4.10. The molecule has 1 saturated heterocycles. The van der Waals surface area contributed by atoms with E-state index in [1.807, 2.05) is 0 Å². The van der Waals surface area contributed by atoms with E-state index in [0.29, 0.717) is 24.5 Å². The second-order valence-electron chi connectivity index (χ2n) is 6.88. The smallest absolute Gasteiger partial charge is 0.237 e. The molecule has 0 radical (unpaired) electrons. The highest BCUT2D eigenvalue weighted by Crippen LogP contribution is 2.22. The third-order valence-electron chi connectivity index (χ3n) is 4.85. The van der Waals surface area contributed by atoms with Gasteiger partial charge in [-0.05, 0) is 60.9 Å². The van der Waals surface area contributed by atoms with E-state index < -0.39 is 20.0 Å². The lowest BCUT2D eigenvalue weighted by molar-refractivity contribution is 0.477. The number of aromatic nitrogens is 3. The standard InChI is InChI=1S/C19H21N5O4S2/c25-29(26,22-15-16-8-10-20-19(14-16)24-13-3-9-21-24)17-4-6-18(7-5-17)30(27,28)23-11-1-2-12-23/h3-10,13-14,22H,1-2,11-12,15H2. The highest BCUT2D eigenvalue weighted by molar-refractivity contribution is 7.89. The predicted octanol–water partition coefficient (Wildman–Crippen LogP) is 1.53. The Morgan fingerprint density at radius 1 is 0.933 bits per heavy atom. The van der Waals surface area contributed by atoms with Crippen LogP contribution < -0.4 is 4.72 Å². The van der Waals surface area contributed by atoms with Crippen LogP contribution in [0.2, 0.25) is 0 Å². The lowest BCUT2D eigenvalue weighted by atomic mass is 10.2. The molecule has 1 fully saturated rings. The number of sulfonamides is 2. The molecule has 1 N–H and O–H groups in total. The van der Waals surface area contributed by atoms with Crippen molar-refractivity contribution in [2.24, 2.45) is 0 Å². The first-order chi connectivity index (χ1) is 14.4. The monoisotopic (exact) mass is 447 g/mol. The lowest BCUT2D eigenvalue weighted by Crippen LogP contribution is -2.28. The summed E-state index contributed by atoms with van der Waals surface area (Å²) in [4.78, 5) is 4.31. The van der Waals surface area contributed by atoms with Crippen molar-refractivity contribution in [2.45, 2.75) is 29.2 Å². The van der Waals surface area contributed by atoms with Crippen LogP contribution in [0, 0.1) is 0 Å². The van der Waals surface area contributed by atoms with E-state index >= 15 is 0 Å². The van der Waals surface area contributed by atoms with Crippen LogP contribution in [-0.2, 0) is 26.6 Å². The van der Waals surface area contributed by atoms with Gasteiger partial charge < -0.3 is 0 Å². The summed E-state index contributed by atoms with van der Waals surface area (Å²) in [6.45, 7) is 1.06. The van der Waals surface area contributed by atoms with E-state index in [-0.39, 0.29) is 16.3 Å². The average Bonchev–Trinajstić information content (AvgIpc) is 3.47. The van der Waals surface area contributed by atoms with Crippen molar-refractivity contribution in [3.63, 3.8) is 0 Å². The van der Waals surface area contributed by atoms with Gasteiger partial charge in [-0.3, -0.25) is 0 Å². The van der Waals surface area contributed by atoms with Gasteiger partial charge in [0.1, 0.15) is 0 Å². The van der Waals surface area contributed by atoms with E-state index in [0.717, 1.165) is 12.8 Å². The Kier molecular flexibility index (Phi) is 5.69. The minimum atomic E-state index is -3.81. The Bertz CT molecular complexity index is 1220. The number of nitrogens with one attached hydrogen (secondary N) is 1. The van der Waals surface area contributed by atoms with Crippen molar-refractivity contribution in [3.8, 4) is 5.82 Å². The van der Waals surface area contributed by atoms with Crippen LogP contribution in [-0.4, -0.2) is 49.0 Å². The Labute approximate surface area is 175 Å². The Balaban J connectivity index is 1.47. The van der Waals surface area contributed by atoms with Crippen LogP contribution >= 0.6 is 0 Å². The van der Waals surface area contributed by atoms with E-state index in [1.54, 1.807) is 41.5 Å². The summed E-state index contributed by atoms with van der Waals surface area (Å²) >= 11 is 0. The quantitative estimate of drug-likeness (QED) is 0.587. The second kappa shape index (κ2) is 8.26. The van der Waals surface area contributed by atoms with Crippen molar-refractivity contribution >= 4 is 20.0 Å². The first-order valence-electron chi connectivity index (χ1n) is 9.41. The molecular formula is C19H21N5O4S2. The zero-order valence-corrected chi connectivity index (χ0v) is 17.7. The molecule has 1 aliphatic rings. The Morgan fingerprint density at radius 3 is 2.30 bits per heavy atom. The molecule has 11 heteroatoms. The van der Waals surface area contributed by atoms with Gasteiger partial charge in [-0.25, -0.2) is 31.2 Å². The van der Waals surface area contributed by atoms with Gasteiger partial charge in [0.2, 0.25) is 20.0 Å². The number of hydrogen-bond acceptors (Lipinski definition) is 6.